The molecule has 0 bridgehead atoms. The van der Waals surface area contributed by atoms with Crippen molar-refractivity contribution in [3.05, 3.63) is 60.4 Å². The van der Waals surface area contributed by atoms with Gasteiger partial charge in [0, 0.05) is 49.7 Å². The summed E-state index contributed by atoms with van der Waals surface area (Å²) >= 11 is 0. The molecule has 2 aromatic heterocycles. The summed E-state index contributed by atoms with van der Waals surface area (Å²) in [6.07, 6.45) is 3.99. The molecule has 3 aromatic rings. The number of hydrogen-bond donors (Lipinski definition) is 1. The number of benzene rings is 1. The van der Waals surface area contributed by atoms with Crippen LogP contribution in [0.1, 0.15) is 10.4 Å². The molecule has 1 aromatic carbocycles. The number of amides is 1. The normalized spacial score (nSPS) is 22.5. The van der Waals surface area contributed by atoms with Gasteiger partial charge in [-0.15, -0.1) is 0 Å². The number of rotatable bonds is 2. The number of likely N-dealkylation sites (tertiary alicyclic amines) is 1. The highest BCUT2D eigenvalue weighted by Gasteiger charge is 2.38. The topological polar surface area (TPSA) is 49.6 Å². The maximum absolute atomic E-state index is 12.9. The van der Waals surface area contributed by atoms with Gasteiger partial charge in [-0.3, -0.25) is 4.79 Å². The quantitative estimate of drug-likeness (QED) is 0.783. The summed E-state index contributed by atoms with van der Waals surface area (Å²) in [6, 6.07) is 13.8. The Kier molecular flexibility index (Phi) is 3.35. The van der Waals surface area contributed by atoms with E-state index in [1.165, 1.54) is 0 Å². The molecule has 0 aliphatic carbocycles. The Morgan fingerprint density at radius 2 is 1.92 bits per heavy atom. The standard InChI is InChI=1S/C20H20N4O/c25-20(24-11-16-9-21-10-17(16)12-24)15-5-3-4-14(8-15)18-13-23-7-2-1-6-19(23)22-18/h1-8,13,16-17,21H,9-12H2. The largest absolute Gasteiger partial charge is 0.338 e. The van der Waals surface area contributed by atoms with E-state index in [0.717, 1.165) is 48.6 Å². The van der Waals surface area contributed by atoms with E-state index in [-0.39, 0.29) is 5.91 Å². The second kappa shape index (κ2) is 5.70. The summed E-state index contributed by atoms with van der Waals surface area (Å²) < 4.78 is 2.00. The Morgan fingerprint density at radius 1 is 1.08 bits per heavy atom. The van der Waals surface area contributed by atoms with E-state index in [1.54, 1.807) is 0 Å². The lowest BCUT2D eigenvalue weighted by atomic mass is 10.0. The van der Waals surface area contributed by atoms with E-state index in [2.05, 4.69) is 10.3 Å². The van der Waals surface area contributed by atoms with Crippen LogP contribution in [0, 0.1) is 11.8 Å². The van der Waals surface area contributed by atoms with Crippen molar-refractivity contribution < 1.29 is 4.79 Å². The van der Waals surface area contributed by atoms with E-state index >= 15 is 0 Å². The maximum Gasteiger partial charge on any atom is 0.253 e. The number of carbonyl (C=O) groups is 1. The first kappa shape index (κ1) is 14.7. The second-order valence-electron chi connectivity index (χ2n) is 7.06. The Labute approximate surface area is 146 Å². The van der Waals surface area contributed by atoms with Crippen molar-refractivity contribution in [2.75, 3.05) is 26.2 Å². The molecule has 5 rings (SSSR count). The van der Waals surface area contributed by atoms with E-state index in [9.17, 15) is 4.79 Å². The Morgan fingerprint density at radius 3 is 2.72 bits per heavy atom. The van der Waals surface area contributed by atoms with Crippen LogP contribution in [0.4, 0.5) is 0 Å². The lowest BCUT2D eigenvalue weighted by Gasteiger charge is -2.17. The third-order valence-electron chi connectivity index (χ3n) is 5.45. The van der Waals surface area contributed by atoms with Crippen molar-refractivity contribution in [1.82, 2.24) is 19.6 Å². The predicted molar refractivity (Wildman–Crippen MR) is 96.4 cm³/mol. The number of fused-ring (bicyclic) bond motifs is 2. The highest BCUT2D eigenvalue weighted by Crippen LogP contribution is 2.28. The van der Waals surface area contributed by atoms with Crippen molar-refractivity contribution in [3.8, 4) is 11.3 Å². The van der Waals surface area contributed by atoms with Crippen LogP contribution < -0.4 is 5.32 Å². The molecule has 2 aliphatic heterocycles. The molecule has 2 unspecified atom stereocenters. The minimum atomic E-state index is 0.139. The fraction of sp³-hybridized carbons (Fsp3) is 0.300. The van der Waals surface area contributed by atoms with Gasteiger partial charge in [-0.25, -0.2) is 4.98 Å². The van der Waals surface area contributed by atoms with Gasteiger partial charge in [-0.2, -0.15) is 0 Å². The maximum atomic E-state index is 12.9. The summed E-state index contributed by atoms with van der Waals surface area (Å²) in [4.78, 5) is 19.6. The van der Waals surface area contributed by atoms with E-state index in [4.69, 9.17) is 0 Å². The second-order valence-corrected chi connectivity index (χ2v) is 7.06. The molecule has 1 amide bonds. The Hall–Kier alpha value is -2.66. The Bertz CT molecular complexity index is 903. The van der Waals surface area contributed by atoms with Crippen LogP contribution >= 0.6 is 0 Å². The first-order valence-corrected chi connectivity index (χ1v) is 8.82. The first-order chi connectivity index (χ1) is 12.3. The van der Waals surface area contributed by atoms with Crippen molar-refractivity contribution in [2.24, 2.45) is 11.8 Å². The highest BCUT2D eigenvalue weighted by atomic mass is 16.2. The lowest BCUT2D eigenvalue weighted by molar-refractivity contribution is 0.0782. The molecule has 5 heteroatoms. The number of carbonyl (C=O) groups excluding carboxylic acids is 1. The summed E-state index contributed by atoms with van der Waals surface area (Å²) in [6.45, 7) is 3.82. The molecular weight excluding hydrogens is 312 g/mol. The van der Waals surface area contributed by atoms with Crippen molar-refractivity contribution in [3.63, 3.8) is 0 Å². The number of hydrogen-bond acceptors (Lipinski definition) is 3. The van der Waals surface area contributed by atoms with Gasteiger partial charge in [0.1, 0.15) is 5.65 Å². The average molecular weight is 332 g/mol. The van der Waals surface area contributed by atoms with Crippen LogP contribution in [0.15, 0.2) is 54.9 Å². The third-order valence-corrected chi connectivity index (χ3v) is 5.45. The molecule has 2 fully saturated rings. The first-order valence-electron chi connectivity index (χ1n) is 8.82. The number of imidazole rings is 1. The SMILES string of the molecule is O=C(c1cccc(-c2cn3ccccc3n2)c1)N1CC2CNCC2C1. The summed E-state index contributed by atoms with van der Waals surface area (Å²) in [5, 5.41) is 3.42. The van der Waals surface area contributed by atoms with Gasteiger partial charge in [0.25, 0.3) is 5.91 Å². The summed E-state index contributed by atoms with van der Waals surface area (Å²) in [5.74, 6) is 1.37. The van der Waals surface area contributed by atoms with Gasteiger partial charge in [0.15, 0.2) is 0 Å². The number of nitrogens with one attached hydrogen (secondary N) is 1. The van der Waals surface area contributed by atoms with Gasteiger partial charge < -0.3 is 14.6 Å². The minimum Gasteiger partial charge on any atom is -0.338 e. The smallest absolute Gasteiger partial charge is 0.253 e. The van der Waals surface area contributed by atoms with Gasteiger partial charge in [0.05, 0.1) is 5.69 Å². The molecule has 2 saturated heterocycles. The monoisotopic (exact) mass is 332 g/mol. The zero-order chi connectivity index (χ0) is 16.8. The molecule has 2 atom stereocenters. The predicted octanol–water partition coefficient (Wildman–Crippen LogP) is 2.29. The van der Waals surface area contributed by atoms with Crippen LogP contribution in [-0.4, -0.2) is 46.4 Å². The van der Waals surface area contributed by atoms with Gasteiger partial charge in [-0.05, 0) is 36.1 Å². The molecule has 0 saturated carbocycles. The third kappa shape index (κ3) is 2.51. The molecule has 126 valence electrons. The van der Waals surface area contributed by atoms with Crippen LogP contribution in [0.3, 0.4) is 0 Å². The molecule has 25 heavy (non-hydrogen) atoms. The molecule has 4 heterocycles. The summed E-state index contributed by atoms with van der Waals surface area (Å²) in [5.41, 5.74) is 3.54. The van der Waals surface area contributed by atoms with Crippen LogP contribution in [0.25, 0.3) is 16.9 Å². The van der Waals surface area contributed by atoms with Crippen LogP contribution in [-0.2, 0) is 0 Å². The summed E-state index contributed by atoms with van der Waals surface area (Å²) in [7, 11) is 0. The molecule has 2 aliphatic rings. The molecule has 0 spiro atoms. The van der Waals surface area contributed by atoms with E-state index in [1.807, 2.05) is 64.2 Å². The molecule has 1 N–H and O–H groups in total. The van der Waals surface area contributed by atoms with Gasteiger partial charge in [0.2, 0.25) is 0 Å². The van der Waals surface area contributed by atoms with Gasteiger partial charge in [-0.1, -0.05) is 18.2 Å². The van der Waals surface area contributed by atoms with Crippen LogP contribution in [0.5, 0.6) is 0 Å². The number of aromatic nitrogens is 2. The van der Waals surface area contributed by atoms with Crippen molar-refractivity contribution in [1.29, 1.82) is 0 Å². The molecule has 0 radical (unpaired) electrons. The Balaban J connectivity index is 1.43. The molecule has 5 nitrogen and oxygen atoms in total. The zero-order valence-corrected chi connectivity index (χ0v) is 13.9. The van der Waals surface area contributed by atoms with Crippen molar-refractivity contribution in [2.45, 2.75) is 0 Å². The minimum absolute atomic E-state index is 0.139. The highest BCUT2D eigenvalue weighted by molar-refractivity contribution is 5.95. The number of nitrogens with zero attached hydrogens (tertiary/aromatic N) is 3. The van der Waals surface area contributed by atoms with Crippen molar-refractivity contribution >= 4 is 11.6 Å². The average Bonchev–Trinajstić information content (AvgIpc) is 3.34. The number of pyridine rings is 1. The zero-order valence-electron chi connectivity index (χ0n) is 13.9. The lowest BCUT2D eigenvalue weighted by Crippen LogP contribution is -2.31. The van der Waals surface area contributed by atoms with E-state index in [0.29, 0.717) is 11.8 Å². The fourth-order valence-electron chi connectivity index (χ4n) is 4.09. The fourth-order valence-corrected chi connectivity index (χ4v) is 4.09. The van der Waals surface area contributed by atoms with E-state index < -0.39 is 0 Å². The molecular formula is C20H20N4O. The van der Waals surface area contributed by atoms with Crippen LogP contribution in [0.2, 0.25) is 0 Å². The van der Waals surface area contributed by atoms with Gasteiger partial charge >= 0.3 is 0 Å².